The first-order valence-electron chi connectivity index (χ1n) is 6.98. The molecule has 0 spiro atoms. The summed E-state index contributed by atoms with van der Waals surface area (Å²) in [6.45, 7) is 0. The van der Waals surface area contributed by atoms with E-state index in [0.717, 1.165) is 17.1 Å². The van der Waals surface area contributed by atoms with Gasteiger partial charge >= 0.3 is 0 Å². The molecule has 0 unspecified atom stereocenters. The van der Waals surface area contributed by atoms with Gasteiger partial charge in [0.1, 0.15) is 5.75 Å². The van der Waals surface area contributed by atoms with Gasteiger partial charge < -0.3 is 15.4 Å². The maximum Gasteiger partial charge on any atom is 0.273 e. The SMILES string of the molecule is O=C(CSc1nc2ccc(Cl)cc2[nH]1)Nc1ccc([N+](=O)[O-])cc1O. The van der Waals surface area contributed by atoms with Crippen molar-refractivity contribution in [2.45, 2.75) is 5.16 Å². The highest BCUT2D eigenvalue weighted by Crippen LogP contribution is 2.28. The van der Waals surface area contributed by atoms with E-state index >= 15 is 0 Å². The van der Waals surface area contributed by atoms with Crippen LogP contribution >= 0.6 is 23.4 Å². The number of imidazole rings is 1. The summed E-state index contributed by atoms with van der Waals surface area (Å²) in [4.78, 5) is 29.4. The molecule has 8 nitrogen and oxygen atoms in total. The molecule has 128 valence electrons. The van der Waals surface area contributed by atoms with Gasteiger partial charge in [-0.1, -0.05) is 23.4 Å². The van der Waals surface area contributed by atoms with Crippen molar-refractivity contribution in [3.8, 4) is 5.75 Å². The number of nitrogens with one attached hydrogen (secondary N) is 2. The smallest absolute Gasteiger partial charge is 0.273 e. The van der Waals surface area contributed by atoms with E-state index in [1.54, 1.807) is 18.2 Å². The van der Waals surface area contributed by atoms with Gasteiger partial charge in [0.25, 0.3) is 5.69 Å². The average molecular weight is 379 g/mol. The molecule has 10 heteroatoms. The van der Waals surface area contributed by atoms with E-state index in [-0.39, 0.29) is 28.8 Å². The van der Waals surface area contributed by atoms with Crippen LogP contribution in [0, 0.1) is 10.1 Å². The van der Waals surface area contributed by atoms with Gasteiger partial charge in [0.15, 0.2) is 5.16 Å². The Bertz CT molecular complexity index is 975. The number of amides is 1. The quantitative estimate of drug-likeness (QED) is 0.270. The number of nitro benzene ring substituents is 1. The molecule has 0 radical (unpaired) electrons. The number of aromatic amines is 1. The van der Waals surface area contributed by atoms with Gasteiger partial charge in [0.2, 0.25) is 5.91 Å². The summed E-state index contributed by atoms with van der Waals surface area (Å²) in [7, 11) is 0. The number of fused-ring (bicyclic) bond motifs is 1. The lowest BCUT2D eigenvalue weighted by Crippen LogP contribution is -2.14. The zero-order chi connectivity index (χ0) is 18.0. The average Bonchev–Trinajstić information content (AvgIpc) is 2.96. The van der Waals surface area contributed by atoms with Crippen LogP contribution in [-0.4, -0.2) is 31.7 Å². The Labute approximate surface area is 150 Å². The van der Waals surface area contributed by atoms with Gasteiger partial charge in [-0.3, -0.25) is 14.9 Å². The molecule has 0 saturated heterocycles. The van der Waals surface area contributed by atoms with E-state index in [4.69, 9.17) is 11.6 Å². The third-order valence-electron chi connectivity index (χ3n) is 3.23. The number of thioether (sulfide) groups is 1. The van der Waals surface area contributed by atoms with Crippen LogP contribution in [0.5, 0.6) is 5.75 Å². The molecule has 1 heterocycles. The third kappa shape index (κ3) is 4.01. The number of H-pyrrole nitrogens is 1. The summed E-state index contributed by atoms with van der Waals surface area (Å²) in [6.07, 6.45) is 0. The highest BCUT2D eigenvalue weighted by Gasteiger charge is 2.13. The van der Waals surface area contributed by atoms with Crippen LogP contribution in [0.2, 0.25) is 5.02 Å². The fourth-order valence-corrected chi connectivity index (χ4v) is 2.94. The third-order valence-corrected chi connectivity index (χ3v) is 4.34. The van der Waals surface area contributed by atoms with Crippen LogP contribution in [0.25, 0.3) is 11.0 Å². The number of carbonyl (C=O) groups excluding carboxylic acids is 1. The van der Waals surface area contributed by atoms with Crippen LogP contribution in [0.1, 0.15) is 0 Å². The number of anilines is 1. The second-order valence-corrected chi connectivity index (χ2v) is 6.40. The van der Waals surface area contributed by atoms with Crippen LogP contribution in [0.4, 0.5) is 11.4 Å². The molecule has 0 aliphatic carbocycles. The number of nitro groups is 1. The Hall–Kier alpha value is -2.78. The fraction of sp³-hybridized carbons (Fsp3) is 0.0667. The summed E-state index contributed by atoms with van der Waals surface area (Å²) in [5, 5.41) is 24.0. The molecule has 0 aliphatic rings. The Morgan fingerprint density at radius 1 is 1.36 bits per heavy atom. The van der Waals surface area contributed by atoms with Crippen molar-refractivity contribution >= 4 is 51.7 Å². The zero-order valence-electron chi connectivity index (χ0n) is 12.5. The van der Waals surface area contributed by atoms with Gasteiger partial charge in [0.05, 0.1) is 33.5 Å². The lowest BCUT2D eigenvalue weighted by Gasteiger charge is -2.06. The number of aromatic hydroxyl groups is 1. The standard InChI is InChI=1S/C15H11ClN4O4S/c16-8-1-3-10-12(5-8)19-15(18-10)25-7-14(22)17-11-4-2-9(20(23)24)6-13(11)21/h1-6,21H,7H2,(H,17,22)(H,18,19). The Kier molecular flexibility index (Phi) is 4.77. The number of benzene rings is 2. The molecule has 1 amide bonds. The molecular weight excluding hydrogens is 368 g/mol. The summed E-state index contributed by atoms with van der Waals surface area (Å²) in [5.41, 5.74) is 1.35. The molecule has 0 aliphatic heterocycles. The number of aromatic nitrogens is 2. The minimum Gasteiger partial charge on any atom is -0.506 e. The molecule has 3 aromatic rings. The summed E-state index contributed by atoms with van der Waals surface area (Å²) in [6, 6.07) is 8.69. The van der Waals surface area contributed by atoms with Crippen LogP contribution < -0.4 is 5.32 Å². The summed E-state index contributed by atoms with van der Waals surface area (Å²) >= 11 is 7.09. The minimum absolute atomic E-state index is 0.0456. The monoisotopic (exact) mass is 378 g/mol. The number of hydrogen-bond donors (Lipinski definition) is 3. The van der Waals surface area contributed by atoms with E-state index in [9.17, 15) is 20.0 Å². The lowest BCUT2D eigenvalue weighted by molar-refractivity contribution is -0.384. The number of rotatable bonds is 5. The van der Waals surface area contributed by atoms with Crippen molar-refractivity contribution in [3.05, 3.63) is 51.5 Å². The maximum absolute atomic E-state index is 12.0. The summed E-state index contributed by atoms with van der Waals surface area (Å²) in [5.74, 6) is -0.706. The molecule has 0 atom stereocenters. The molecule has 0 fully saturated rings. The number of carbonyl (C=O) groups is 1. The van der Waals surface area contributed by atoms with E-state index in [1.165, 1.54) is 23.9 Å². The Morgan fingerprint density at radius 2 is 2.16 bits per heavy atom. The summed E-state index contributed by atoms with van der Waals surface area (Å²) < 4.78 is 0. The minimum atomic E-state index is -0.630. The fourth-order valence-electron chi connectivity index (χ4n) is 2.09. The second kappa shape index (κ2) is 6.99. The number of halogens is 1. The van der Waals surface area contributed by atoms with E-state index in [1.807, 2.05) is 0 Å². The number of hydrogen-bond acceptors (Lipinski definition) is 6. The van der Waals surface area contributed by atoms with Gasteiger partial charge in [-0.2, -0.15) is 0 Å². The predicted octanol–water partition coefficient (Wildman–Crippen LogP) is 3.56. The molecule has 3 N–H and O–H groups in total. The molecule has 0 saturated carbocycles. The lowest BCUT2D eigenvalue weighted by atomic mass is 10.2. The van der Waals surface area contributed by atoms with Crippen LogP contribution in [0.3, 0.4) is 0 Å². The van der Waals surface area contributed by atoms with E-state index in [0.29, 0.717) is 10.2 Å². The number of nitrogens with zero attached hydrogens (tertiary/aromatic N) is 2. The molecule has 0 bridgehead atoms. The van der Waals surface area contributed by atoms with Gasteiger partial charge in [-0.05, 0) is 24.3 Å². The molecule has 3 rings (SSSR count). The van der Waals surface area contributed by atoms with Crippen LogP contribution in [-0.2, 0) is 4.79 Å². The first kappa shape index (κ1) is 17.1. The molecule has 1 aromatic heterocycles. The zero-order valence-corrected chi connectivity index (χ0v) is 14.1. The topological polar surface area (TPSA) is 121 Å². The van der Waals surface area contributed by atoms with Crippen molar-refractivity contribution in [1.82, 2.24) is 9.97 Å². The Balaban J connectivity index is 1.63. The molecular formula is C15H11ClN4O4S. The van der Waals surface area contributed by atoms with Gasteiger partial charge in [-0.15, -0.1) is 0 Å². The highest BCUT2D eigenvalue weighted by atomic mass is 35.5. The van der Waals surface area contributed by atoms with E-state index in [2.05, 4.69) is 15.3 Å². The number of non-ortho nitro benzene ring substituents is 1. The highest BCUT2D eigenvalue weighted by molar-refractivity contribution is 7.99. The maximum atomic E-state index is 12.0. The van der Waals surface area contributed by atoms with E-state index < -0.39 is 4.92 Å². The first-order chi connectivity index (χ1) is 11.9. The molecule has 2 aromatic carbocycles. The van der Waals surface area contributed by atoms with Crippen molar-refractivity contribution in [3.63, 3.8) is 0 Å². The van der Waals surface area contributed by atoms with Crippen molar-refractivity contribution in [2.75, 3.05) is 11.1 Å². The van der Waals surface area contributed by atoms with Gasteiger partial charge in [0, 0.05) is 11.1 Å². The normalized spacial score (nSPS) is 10.8. The van der Waals surface area contributed by atoms with Gasteiger partial charge in [-0.25, -0.2) is 4.98 Å². The second-order valence-electron chi connectivity index (χ2n) is 5.00. The predicted molar refractivity (Wildman–Crippen MR) is 95.2 cm³/mol. The number of phenolic OH excluding ortho intramolecular Hbond substituents is 1. The molecule has 25 heavy (non-hydrogen) atoms. The largest absolute Gasteiger partial charge is 0.506 e. The Morgan fingerprint density at radius 3 is 2.88 bits per heavy atom. The van der Waals surface area contributed by atoms with Crippen molar-refractivity contribution in [1.29, 1.82) is 0 Å². The number of phenols is 1. The van der Waals surface area contributed by atoms with Crippen molar-refractivity contribution in [2.24, 2.45) is 0 Å². The first-order valence-corrected chi connectivity index (χ1v) is 8.34. The van der Waals surface area contributed by atoms with Crippen LogP contribution in [0.15, 0.2) is 41.6 Å². The van der Waals surface area contributed by atoms with Crippen molar-refractivity contribution < 1.29 is 14.8 Å².